The Hall–Kier alpha value is -0.540. The van der Waals surface area contributed by atoms with Crippen molar-refractivity contribution in [1.82, 2.24) is 10.2 Å². The van der Waals surface area contributed by atoms with Crippen LogP contribution in [0.3, 0.4) is 0 Å². The van der Waals surface area contributed by atoms with Gasteiger partial charge in [0, 0.05) is 12.1 Å². The van der Waals surface area contributed by atoms with Gasteiger partial charge in [-0.3, -0.25) is 0 Å². The van der Waals surface area contributed by atoms with Crippen molar-refractivity contribution < 1.29 is 0 Å². The van der Waals surface area contributed by atoms with Gasteiger partial charge in [0.05, 0.1) is 5.69 Å². The molecule has 0 saturated heterocycles. The zero-order valence-corrected chi connectivity index (χ0v) is 11.1. The Balaban J connectivity index is 2.48. The molecule has 0 bridgehead atoms. The number of anilines is 1. The van der Waals surface area contributed by atoms with Gasteiger partial charge < -0.3 is 5.32 Å². The first kappa shape index (κ1) is 13.5. The number of unbranched alkanes of at least 4 members (excludes halogenated alkanes) is 2. The minimum Gasteiger partial charge on any atom is -0.380 e. The molecule has 0 aromatic carbocycles. The molecule has 1 N–H and O–H groups in total. The Morgan fingerprint density at radius 2 is 2.06 bits per heavy atom. The molecule has 0 radical (unpaired) electrons. The second-order valence-corrected chi connectivity index (χ2v) is 4.66. The van der Waals surface area contributed by atoms with Gasteiger partial charge in [0.15, 0.2) is 10.3 Å². The molecule has 0 fully saturated rings. The fourth-order valence-electron chi connectivity index (χ4n) is 1.49. The van der Waals surface area contributed by atoms with Crippen LogP contribution in [0.5, 0.6) is 0 Å². The van der Waals surface area contributed by atoms with Crippen molar-refractivity contribution >= 4 is 28.9 Å². The van der Waals surface area contributed by atoms with E-state index in [1.165, 1.54) is 19.3 Å². The summed E-state index contributed by atoms with van der Waals surface area (Å²) in [5.41, 5.74) is 0.755. The van der Waals surface area contributed by atoms with Gasteiger partial charge in [-0.1, -0.05) is 49.4 Å². The number of nitrogens with zero attached hydrogens (tertiary/aromatic N) is 2. The van der Waals surface area contributed by atoms with E-state index in [0.29, 0.717) is 16.3 Å². The first-order chi connectivity index (χ1) is 7.63. The highest BCUT2D eigenvalue weighted by molar-refractivity contribution is 6.33. The van der Waals surface area contributed by atoms with E-state index in [4.69, 9.17) is 23.2 Å². The Bertz CT molecular complexity index is 331. The third-order valence-electron chi connectivity index (χ3n) is 2.36. The van der Waals surface area contributed by atoms with Crippen LogP contribution in [0.15, 0.2) is 6.07 Å². The highest BCUT2D eigenvalue weighted by atomic mass is 35.5. The first-order valence-corrected chi connectivity index (χ1v) is 6.34. The van der Waals surface area contributed by atoms with Gasteiger partial charge in [-0.05, 0) is 13.3 Å². The normalized spacial score (nSPS) is 12.5. The SMILES string of the molecule is CCCCCC(C)Nc1cc(Cl)nnc1Cl. The van der Waals surface area contributed by atoms with Crippen molar-refractivity contribution in [2.24, 2.45) is 0 Å². The predicted octanol–water partition coefficient (Wildman–Crippen LogP) is 4.16. The first-order valence-electron chi connectivity index (χ1n) is 5.58. The molecule has 0 aliphatic heterocycles. The van der Waals surface area contributed by atoms with Gasteiger partial charge in [-0.2, -0.15) is 0 Å². The molecular formula is C11H17Cl2N3. The minimum atomic E-state index is 0.354. The van der Waals surface area contributed by atoms with Gasteiger partial charge in [0.1, 0.15) is 0 Å². The third-order valence-corrected chi connectivity index (χ3v) is 2.83. The summed E-state index contributed by atoms with van der Waals surface area (Å²) < 4.78 is 0. The maximum absolute atomic E-state index is 5.91. The summed E-state index contributed by atoms with van der Waals surface area (Å²) in [7, 11) is 0. The molecule has 1 atom stereocenters. The van der Waals surface area contributed by atoms with Gasteiger partial charge in [0.2, 0.25) is 0 Å². The zero-order valence-electron chi connectivity index (χ0n) is 9.63. The highest BCUT2D eigenvalue weighted by Crippen LogP contribution is 2.22. The van der Waals surface area contributed by atoms with Crippen molar-refractivity contribution in [2.75, 3.05) is 5.32 Å². The summed E-state index contributed by atoms with van der Waals surface area (Å²) in [6.07, 6.45) is 4.82. The molecule has 0 amide bonds. The largest absolute Gasteiger partial charge is 0.380 e. The van der Waals surface area contributed by atoms with Crippen LogP contribution >= 0.6 is 23.2 Å². The summed E-state index contributed by atoms with van der Waals surface area (Å²) in [6, 6.07) is 2.07. The van der Waals surface area contributed by atoms with Crippen molar-refractivity contribution in [3.63, 3.8) is 0 Å². The number of aromatic nitrogens is 2. The zero-order chi connectivity index (χ0) is 12.0. The standard InChI is InChI=1S/C11H17Cl2N3/c1-3-4-5-6-8(2)14-9-7-10(12)15-16-11(9)13/h7-8H,3-6H2,1-2H3,(H,14,15). The smallest absolute Gasteiger partial charge is 0.174 e. The molecule has 0 aliphatic carbocycles. The molecule has 0 saturated carbocycles. The van der Waals surface area contributed by atoms with E-state index in [0.717, 1.165) is 12.1 Å². The van der Waals surface area contributed by atoms with E-state index in [1.807, 2.05) is 0 Å². The molecule has 0 spiro atoms. The van der Waals surface area contributed by atoms with Crippen molar-refractivity contribution in [3.05, 3.63) is 16.4 Å². The van der Waals surface area contributed by atoms with Gasteiger partial charge in [0.25, 0.3) is 0 Å². The van der Waals surface area contributed by atoms with Crippen LogP contribution in [-0.2, 0) is 0 Å². The maximum atomic E-state index is 5.91. The monoisotopic (exact) mass is 261 g/mol. The molecule has 1 aromatic heterocycles. The number of halogens is 2. The summed E-state index contributed by atoms with van der Waals surface area (Å²) in [6.45, 7) is 4.32. The van der Waals surface area contributed by atoms with Gasteiger partial charge in [-0.15, -0.1) is 10.2 Å². The Labute approximate surface area is 107 Å². The summed E-state index contributed by atoms with van der Waals surface area (Å²) >= 11 is 11.7. The summed E-state index contributed by atoms with van der Waals surface area (Å²) in [4.78, 5) is 0. The summed E-state index contributed by atoms with van der Waals surface area (Å²) in [5, 5.41) is 11.4. The number of rotatable bonds is 6. The van der Waals surface area contributed by atoms with Crippen LogP contribution < -0.4 is 5.32 Å². The van der Waals surface area contributed by atoms with Crippen LogP contribution in [0.4, 0.5) is 5.69 Å². The molecule has 0 aliphatic rings. The van der Waals surface area contributed by atoms with E-state index < -0.39 is 0 Å². The van der Waals surface area contributed by atoms with E-state index in [-0.39, 0.29) is 0 Å². The lowest BCUT2D eigenvalue weighted by Gasteiger charge is -2.15. The second kappa shape index (κ2) is 6.92. The van der Waals surface area contributed by atoms with Crippen LogP contribution in [-0.4, -0.2) is 16.2 Å². The molecule has 90 valence electrons. The number of hydrogen-bond donors (Lipinski definition) is 1. The Morgan fingerprint density at radius 1 is 1.31 bits per heavy atom. The van der Waals surface area contributed by atoms with Crippen molar-refractivity contribution in [2.45, 2.75) is 45.6 Å². The number of nitrogens with one attached hydrogen (secondary N) is 1. The average molecular weight is 262 g/mol. The predicted molar refractivity (Wildman–Crippen MR) is 69.3 cm³/mol. The molecule has 3 nitrogen and oxygen atoms in total. The topological polar surface area (TPSA) is 37.8 Å². The molecule has 1 unspecified atom stereocenters. The van der Waals surface area contributed by atoms with Crippen molar-refractivity contribution in [3.8, 4) is 0 Å². The van der Waals surface area contributed by atoms with Crippen LogP contribution in [0.2, 0.25) is 10.3 Å². The molecule has 5 heteroatoms. The van der Waals surface area contributed by atoms with Crippen LogP contribution in [0.1, 0.15) is 39.5 Å². The van der Waals surface area contributed by atoms with Gasteiger partial charge in [-0.25, -0.2) is 0 Å². The molecule has 1 rings (SSSR count). The fraction of sp³-hybridized carbons (Fsp3) is 0.636. The third kappa shape index (κ3) is 4.54. The highest BCUT2D eigenvalue weighted by Gasteiger charge is 2.07. The van der Waals surface area contributed by atoms with Crippen molar-refractivity contribution in [1.29, 1.82) is 0 Å². The summed E-state index contributed by atoms with van der Waals surface area (Å²) in [5.74, 6) is 0. The lowest BCUT2D eigenvalue weighted by Crippen LogP contribution is -2.15. The molecule has 16 heavy (non-hydrogen) atoms. The minimum absolute atomic E-state index is 0.354. The van der Waals surface area contributed by atoms with E-state index in [1.54, 1.807) is 6.07 Å². The van der Waals surface area contributed by atoms with E-state index in [9.17, 15) is 0 Å². The van der Waals surface area contributed by atoms with Crippen LogP contribution in [0, 0.1) is 0 Å². The second-order valence-electron chi connectivity index (χ2n) is 3.91. The molecule has 1 aromatic rings. The van der Waals surface area contributed by atoms with E-state index in [2.05, 4.69) is 29.4 Å². The number of hydrogen-bond acceptors (Lipinski definition) is 3. The Morgan fingerprint density at radius 3 is 2.75 bits per heavy atom. The molecular weight excluding hydrogens is 245 g/mol. The fourth-order valence-corrected chi connectivity index (χ4v) is 1.79. The maximum Gasteiger partial charge on any atom is 0.174 e. The average Bonchev–Trinajstić information content (AvgIpc) is 2.24. The lowest BCUT2D eigenvalue weighted by atomic mass is 10.1. The van der Waals surface area contributed by atoms with Crippen LogP contribution in [0.25, 0.3) is 0 Å². The molecule has 1 heterocycles. The van der Waals surface area contributed by atoms with E-state index >= 15 is 0 Å². The Kier molecular flexibility index (Phi) is 5.85. The quantitative estimate of drug-likeness (QED) is 0.782. The van der Waals surface area contributed by atoms with Gasteiger partial charge >= 0.3 is 0 Å². The lowest BCUT2D eigenvalue weighted by molar-refractivity contribution is 0.615.